The summed E-state index contributed by atoms with van der Waals surface area (Å²) in [7, 11) is -3.74. The molecule has 3 N–H and O–H groups in total. The zero-order valence-corrected chi connectivity index (χ0v) is 12.6. The number of nitrogens with two attached hydrogens (primary N) is 1. The first kappa shape index (κ1) is 15.4. The summed E-state index contributed by atoms with van der Waals surface area (Å²) in [5, 5.41) is 0. The Bertz CT molecular complexity index is 589. The fourth-order valence-corrected chi connectivity index (χ4v) is 4.40. The molecule has 0 aliphatic heterocycles. The Labute approximate surface area is 119 Å². The van der Waals surface area contributed by atoms with Crippen molar-refractivity contribution < 1.29 is 12.8 Å². The Kier molecular flexibility index (Phi) is 4.46. The van der Waals surface area contributed by atoms with E-state index in [2.05, 4.69) is 11.6 Å². The number of hydrogen-bond donors (Lipinski definition) is 2. The van der Waals surface area contributed by atoms with Crippen LogP contribution < -0.4 is 10.5 Å². The van der Waals surface area contributed by atoms with Crippen molar-refractivity contribution in [2.75, 3.05) is 0 Å². The van der Waals surface area contributed by atoms with Crippen LogP contribution in [0.5, 0.6) is 0 Å². The summed E-state index contributed by atoms with van der Waals surface area (Å²) in [4.78, 5) is -0.0493. The van der Waals surface area contributed by atoms with Crippen LogP contribution in [0.3, 0.4) is 0 Å². The van der Waals surface area contributed by atoms with Crippen LogP contribution in [0.2, 0.25) is 0 Å². The van der Waals surface area contributed by atoms with Crippen LogP contribution in [-0.4, -0.2) is 14.5 Å². The summed E-state index contributed by atoms with van der Waals surface area (Å²) in [6, 6.07) is 3.92. The van der Waals surface area contributed by atoms with Crippen LogP contribution in [-0.2, 0) is 16.6 Å². The van der Waals surface area contributed by atoms with Crippen LogP contribution in [0.15, 0.2) is 23.1 Å². The highest BCUT2D eigenvalue weighted by Gasteiger charge is 2.33. The maximum Gasteiger partial charge on any atom is 0.241 e. The molecular formula is C14H21FN2O2S. The normalized spacial score (nSPS) is 26.9. The van der Waals surface area contributed by atoms with E-state index in [0.29, 0.717) is 5.92 Å². The van der Waals surface area contributed by atoms with Gasteiger partial charge in [0, 0.05) is 18.2 Å². The van der Waals surface area contributed by atoms with Crippen molar-refractivity contribution in [3.05, 3.63) is 29.6 Å². The van der Waals surface area contributed by atoms with Gasteiger partial charge in [0.05, 0.1) is 4.90 Å². The molecule has 1 aliphatic carbocycles. The summed E-state index contributed by atoms with van der Waals surface area (Å²) in [6.07, 6.45) is 1.82. The van der Waals surface area contributed by atoms with Crippen molar-refractivity contribution in [2.24, 2.45) is 17.6 Å². The van der Waals surface area contributed by atoms with Gasteiger partial charge in [-0.1, -0.05) is 19.9 Å². The Balaban J connectivity index is 2.30. The van der Waals surface area contributed by atoms with Gasteiger partial charge < -0.3 is 5.73 Å². The summed E-state index contributed by atoms with van der Waals surface area (Å²) in [6.45, 7) is 4.02. The van der Waals surface area contributed by atoms with Gasteiger partial charge in [0.1, 0.15) is 5.82 Å². The Morgan fingerprint density at radius 3 is 2.60 bits per heavy atom. The molecule has 0 amide bonds. The van der Waals surface area contributed by atoms with E-state index in [1.54, 1.807) is 0 Å². The second-order valence-electron chi connectivity index (χ2n) is 5.56. The predicted octanol–water partition coefficient (Wildman–Crippen LogP) is 2.00. The summed E-state index contributed by atoms with van der Waals surface area (Å²) in [5.74, 6) is 0.187. The third kappa shape index (κ3) is 2.87. The van der Waals surface area contributed by atoms with Gasteiger partial charge in [0.2, 0.25) is 10.0 Å². The average molecular weight is 300 g/mol. The number of nitrogens with one attached hydrogen (secondary N) is 1. The molecule has 1 aromatic carbocycles. The lowest BCUT2D eigenvalue weighted by Crippen LogP contribution is -2.37. The number of halogens is 1. The van der Waals surface area contributed by atoms with Crippen molar-refractivity contribution in [2.45, 2.75) is 44.2 Å². The zero-order valence-electron chi connectivity index (χ0n) is 11.8. The minimum atomic E-state index is -3.74. The molecule has 112 valence electrons. The van der Waals surface area contributed by atoms with Crippen molar-refractivity contribution in [3.63, 3.8) is 0 Å². The van der Waals surface area contributed by atoms with Gasteiger partial charge in [-0.05, 0) is 36.8 Å². The first-order valence-corrected chi connectivity index (χ1v) is 8.35. The number of rotatable bonds is 4. The first-order chi connectivity index (χ1) is 9.36. The molecule has 3 atom stereocenters. The number of sulfonamides is 1. The molecule has 0 radical (unpaired) electrons. The van der Waals surface area contributed by atoms with Crippen LogP contribution >= 0.6 is 0 Å². The molecule has 3 unspecified atom stereocenters. The van der Waals surface area contributed by atoms with E-state index >= 15 is 0 Å². The highest BCUT2D eigenvalue weighted by atomic mass is 32.2. The molecule has 1 fully saturated rings. The molecule has 1 saturated carbocycles. The molecule has 4 nitrogen and oxygen atoms in total. The maximum absolute atomic E-state index is 13.7. The van der Waals surface area contributed by atoms with Gasteiger partial charge in [0.25, 0.3) is 0 Å². The Morgan fingerprint density at radius 2 is 2.05 bits per heavy atom. The largest absolute Gasteiger partial charge is 0.326 e. The smallest absolute Gasteiger partial charge is 0.241 e. The quantitative estimate of drug-likeness (QED) is 0.893. The van der Waals surface area contributed by atoms with E-state index in [1.165, 1.54) is 18.2 Å². The molecule has 0 spiro atoms. The van der Waals surface area contributed by atoms with Crippen LogP contribution in [0.4, 0.5) is 4.39 Å². The van der Waals surface area contributed by atoms with E-state index in [4.69, 9.17) is 5.73 Å². The zero-order chi connectivity index (χ0) is 14.9. The lowest BCUT2D eigenvalue weighted by molar-refractivity contribution is 0.402. The highest BCUT2D eigenvalue weighted by Crippen LogP contribution is 2.32. The third-order valence-corrected chi connectivity index (χ3v) is 5.92. The summed E-state index contributed by atoms with van der Waals surface area (Å²) in [5.41, 5.74) is 5.51. The van der Waals surface area contributed by atoms with Crippen molar-refractivity contribution >= 4 is 10.0 Å². The topological polar surface area (TPSA) is 72.2 Å². The summed E-state index contributed by atoms with van der Waals surface area (Å²) >= 11 is 0. The average Bonchev–Trinajstić information content (AvgIpc) is 2.70. The molecular weight excluding hydrogens is 279 g/mol. The molecule has 20 heavy (non-hydrogen) atoms. The second kappa shape index (κ2) is 5.79. The van der Waals surface area contributed by atoms with Crippen molar-refractivity contribution in [1.29, 1.82) is 0 Å². The van der Waals surface area contributed by atoms with Gasteiger partial charge in [-0.15, -0.1) is 0 Å². The highest BCUT2D eigenvalue weighted by molar-refractivity contribution is 7.89. The van der Waals surface area contributed by atoms with Gasteiger partial charge in [-0.2, -0.15) is 0 Å². The lowest BCUT2D eigenvalue weighted by atomic mass is 9.98. The van der Waals surface area contributed by atoms with Crippen molar-refractivity contribution in [3.8, 4) is 0 Å². The molecule has 0 heterocycles. The molecule has 1 aliphatic rings. The van der Waals surface area contributed by atoms with E-state index in [9.17, 15) is 12.8 Å². The Hall–Kier alpha value is -0.980. The fourth-order valence-electron chi connectivity index (χ4n) is 2.78. The molecule has 0 saturated heterocycles. The molecule has 1 aromatic rings. The number of benzene rings is 1. The summed E-state index contributed by atoms with van der Waals surface area (Å²) < 4.78 is 41.2. The minimum Gasteiger partial charge on any atom is -0.326 e. The maximum atomic E-state index is 13.7. The van der Waals surface area contributed by atoms with E-state index in [0.717, 1.165) is 12.8 Å². The van der Waals surface area contributed by atoms with Gasteiger partial charge in [-0.25, -0.2) is 17.5 Å². The SMILES string of the molecule is CC1CCC(NS(=O)(=O)c2cccc(F)c2CN)C1C. The van der Waals surface area contributed by atoms with Gasteiger partial charge in [-0.3, -0.25) is 0 Å². The first-order valence-electron chi connectivity index (χ1n) is 6.86. The van der Waals surface area contributed by atoms with Crippen LogP contribution in [0, 0.1) is 17.7 Å². The van der Waals surface area contributed by atoms with Crippen molar-refractivity contribution in [1.82, 2.24) is 4.72 Å². The predicted molar refractivity (Wildman–Crippen MR) is 76.0 cm³/mol. The van der Waals surface area contributed by atoms with Crippen LogP contribution in [0.25, 0.3) is 0 Å². The molecule has 0 aromatic heterocycles. The van der Waals surface area contributed by atoms with Gasteiger partial charge in [0.15, 0.2) is 0 Å². The van der Waals surface area contributed by atoms with E-state index in [1.807, 2.05) is 6.92 Å². The standard InChI is InChI=1S/C14H21FN2O2S/c1-9-6-7-13(10(9)2)17-20(18,19)14-5-3-4-12(15)11(14)8-16/h3-5,9-10,13,17H,6-8,16H2,1-2H3. The van der Waals surface area contributed by atoms with Crippen LogP contribution in [0.1, 0.15) is 32.3 Å². The van der Waals surface area contributed by atoms with E-state index in [-0.39, 0.29) is 29.0 Å². The lowest BCUT2D eigenvalue weighted by Gasteiger charge is -2.20. The van der Waals surface area contributed by atoms with E-state index < -0.39 is 15.8 Å². The second-order valence-corrected chi connectivity index (χ2v) is 7.24. The Morgan fingerprint density at radius 1 is 1.35 bits per heavy atom. The van der Waals surface area contributed by atoms with Gasteiger partial charge >= 0.3 is 0 Å². The minimum absolute atomic E-state index is 0.0405. The third-order valence-electron chi connectivity index (χ3n) is 4.34. The molecule has 6 heteroatoms. The fraction of sp³-hybridized carbons (Fsp3) is 0.571. The monoisotopic (exact) mass is 300 g/mol. The molecule has 0 bridgehead atoms. The molecule has 2 rings (SSSR count). The number of hydrogen-bond acceptors (Lipinski definition) is 3.